The molecule has 84 valence electrons. The maximum Gasteiger partial charge on any atom is 0.137 e. The van der Waals surface area contributed by atoms with E-state index in [4.69, 9.17) is 5.73 Å². The van der Waals surface area contributed by atoms with E-state index in [9.17, 15) is 0 Å². The third-order valence-corrected chi connectivity index (χ3v) is 2.77. The van der Waals surface area contributed by atoms with Crippen LogP contribution in [-0.4, -0.2) is 14.4 Å². The minimum absolute atomic E-state index is 0.766. The summed E-state index contributed by atoms with van der Waals surface area (Å²) in [5, 5.41) is 0. The number of aromatic nitrogens is 3. The number of fused-ring (bicyclic) bond motifs is 1. The molecule has 0 saturated heterocycles. The van der Waals surface area contributed by atoms with Gasteiger partial charge in [0.25, 0.3) is 0 Å². The summed E-state index contributed by atoms with van der Waals surface area (Å²) in [5.41, 5.74) is 10.3. The smallest absolute Gasteiger partial charge is 0.137 e. The third-order valence-electron chi connectivity index (χ3n) is 2.77. The van der Waals surface area contributed by atoms with Crippen LogP contribution in [-0.2, 0) is 0 Å². The molecule has 0 radical (unpaired) electrons. The van der Waals surface area contributed by atoms with Crippen molar-refractivity contribution in [1.29, 1.82) is 0 Å². The Kier molecular flexibility index (Phi) is 2.08. The third kappa shape index (κ3) is 1.63. The molecule has 17 heavy (non-hydrogen) atoms. The van der Waals surface area contributed by atoms with Crippen molar-refractivity contribution in [1.82, 2.24) is 14.4 Å². The largest absolute Gasteiger partial charge is 0.397 e. The number of rotatable bonds is 1. The van der Waals surface area contributed by atoms with E-state index in [1.165, 1.54) is 0 Å². The van der Waals surface area contributed by atoms with Crippen LogP contribution in [0.3, 0.4) is 0 Å². The van der Waals surface area contributed by atoms with Gasteiger partial charge in [0.1, 0.15) is 11.3 Å². The lowest BCUT2D eigenvalue weighted by Crippen LogP contribution is -1.93. The molecule has 3 heterocycles. The zero-order chi connectivity index (χ0) is 11.8. The molecule has 0 fully saturated rings. The molecule has 0 saturated carbocycles. The van der Waals surface area contributed by atoms with Gasteiger partial charge in [-0.25, -0.2) is 4.98 Å². The number of nitrogens with two attached hydrogens (primary N) is 1. The summed E-state index contributed by atoms with van der Waals surface area (Å²) in [7, 11) is 0. The van der Waals surface area contributed by atoms with E-state index in [0.717, 1.165) is 28.3 Å². The van der Waals surface area contributed by atoms with Gasteiger partial charge in [0.2, 0.25) is 0 Å². The molecular weight excluding hydrogens is 212 g/mol. The lowest BCUT2D eigenvalue weighted by atomic mass is 10.2. The molecule has 3 rings (SSSR count). The summed E-state index contributed by atoms with van der Waals surface area (Å²) in [6.45, 7) is 1.98. The Morgan fingerprint density at radius 1 is 1.18 bits per heavy atom. The van der Waals surface area contributed by atoms with E-state index in [1.807, 2.05) is 48.0 Å². The fourth-order valence-corrected chi connectivity index (χ4v) is 1.78. The average Bonchev–Trinajstić information content (AvgIpc) is 2.74. The lowest BCUT2D eigenvalue weighted by Gasteiger charge is -1.99. The first-order valence-corrected chi connectivity index (χ1v) is 5.40. The first-order chi connectivity index (χ1) is 8.24. The Balaban J connectivity index is 2.21. The topological polar surface area (TPSA) is 56.2 Å². The van der Waals surface area contributed by atoms with Crippen LogP contribution in [0.15, 0.2) is 42.9 Å². The molecule has 2 N–H and O–H groups in total. The summed E-state index contributed by atoms with van der Waals surface area (Å²) in [4.78, 5) is 8.81. The second-order valence-electron chi connectivity index (χ2n) is 4.02. The molecule has 0 atom stereocenters. The molecule has 0 spiro atoms. The predicted molar refractivity (Wildman–Crippen MR) is 67.6 cm³/mol. The van der Waals surface area contributed by atoms with Gasteiger partial charge in [-0.2, -0.15) is 0 Å². The zero-order valence-electron chi connectivity index (χ0n) is 9.46. The minimum atomic E-state index is 0.766. The van der Waals surface area contributed by atoms with Gasteiger partial charge in [-0.3, -0.25) is 4.98 Å². The Hall–Kier alpha value is -2.36. The van der Waals surface area contributed by atoms with Crippen molar-refractivity contribution >= 4 is 11.3 Å². The monoisotopic (exact) mass is 224 g/mol. The Morgan fingerprint density at radius 3 is 2.82 bits per heavy atom. The predicted octanol–water partition coefficient (Wildman–Crippen LogP) is 2.29. The zero-order valence-corrected chi connectivity index (χ0v) is 9.46. The van der Waals surface area contributed by atoms with Crippen LogP contribution in [0.25, 0.3) is 17.0 Å². The summed E-state index contributed by atoms with van der Waals surface area (Å²) in [5.74, 6) is 0. The van der Waals surface area contributed by atoms with E-state index >= 15 is 0 Å². The number of aryl methyl sites for hydroxylation is 1. The first-order valence-electron chi connectivity index (χ1n) is 5.40. The van der Waals surface area contributed by atoms with Crippen LogP contribution >= 0.6 is 0 Å². The maximum absolute atomic E-state index is 5.87. The highest BCUT2D eigenvalue weighted by molar-refractivity contribution is 5.61. The Morgan fingerprint density at radius 2 is 2.06 bits per heavy atom. The van der Waals surface area contributed by atoms with Crippen molar-refractivity contribution in [2.45, 2.75) is 6.92 Å². The van der Waals surface area contributed by atoms with Gasteiger partial charge in [-0.1, -0.05) is 6.07 Å². The normalized spacial score (nSPS) is 10.9. The molecule has 0 aliphatic rings. The fraction of sp³-hybridized carbons (Fsp3) is 0.0769. The molecule has 3 aromatic rings. The highest BCUT2D eigenvalue weighted by Gasteiger charge is 2.06. The number of pyridine rings is 2. The summed E-state index contributed by atoms with van der Waals surface area (Å²) < 4.78 is 1.92. The summed E-state index contributed by atoms with van der Waals surface area (Å²) in [6.07, 6.45) is 5.58. The van der Waals surface area contributed by atoms with E-state index in [0.29, 0.717) is 0 Å². The minimum Gasteiger partial charge on any atom is -0.397 e. The first kappa shape index (κ1) is 9.84. The molecule has 4 nitrogen and oxygen atoms in total. The van der Waals surface area contributed by atoms with Crippen LogP contribution in [0.1, 0.15) is 5.56 Å². The van der Waals surface area contributed by atoms with Gasteiger partial charge in [0.15, 0.2) is 0 Å². The molecule has 0 aromatic carbocycles. The van der Waals surface area contributed by atoms with Gasteiger partial charge in [0.05, 0.1) is 11.4 Å². The second kappa shape index (κ2) is 3.59. The van der Waals surface area contributed by atoms with Crippen LogP contribution < -0.4 is 5.73 Å². The molecule has 3 aromatic heterocycles. The fourth-order valence-electron chi connectivity index (χ4n) is 1.78. The van der Waals surface area contributed by atoms with Gasteiger partial charge in [-0.05, 0) is 30.7 Å². The van der Waals surface area contributed by atoms with Crippen molar-refractivity contribution in [3.05, 3.63) is 48.4 Å². The quantitative estimate of drug-likeness (QED) is 0.690. The Labute approximate surface area is 98.8 Å². The van der Waals surface area contributed by atoms with Crippen LogP contribution in [0, 0.1) is 6.92 Å². The van der Waals surface area contributed by atoms with Crippen molar-refractivity contribution in [2.24, 2.45) is 0 Å². The van der Waals surface area contributed by atoms with Crippen LogP contribution in [0.4, 0.5) is 5.69 Å². The highest BCUT2D eigenvalue weighted by Crippen LogP contribution is 2.19. The van der Waals surface area contributed by atoms with E-state index < -0.39 is 0 Å². The van der Waals surface area contributed by atoms with Gasteiger partial charge < -0.3 is 10.1 Å². The molecule has 4 heteroatoms. The van der Waals surface area contributed by atoms with Crippen molar-refractivity contribution in [2.75, 3.05) is 5.73 Å². The standard InChI is InChI=1S/C13H12N4/c1-9-6-13-16-12(8-17(13)7-10(9)14)11-4-2-3-5-15-11/h2-8H,14H2,1H3. The number of hydrogen-bond acceptors (Lipinski definition) is 3. The molecular formula is C13H12N4. The second-order valence-corrected chi connectivity index (χ2v) is 4.02. The number of nitrogen functional groups attached to an aromatic ring is 1. The van der Waals surface area contributed by atoms with Crippen LogP contribution in [0.2, 0.25) is 0 Å². The SMILES string of the molecule is Cc1cc2nc(-c3ccccn3)cn2cc1N. The summed E-state index contributed by atoms with van der Waals surface area (Å²) >= 11 is 0. The van der Waals surface area contributed by atoms with E-state index in [-0.39, 0.29) is 0 Å². The van der Waals surface area contributed by atoms with E-state index in [2.05, 4.69) is 9.97 Å². The van der Waals surface area contributed by atoms with Gasteiger partial charge in [-0.15, -0.1) is 0 Å². The molecule has 0 aliphatic carbocycles. The van der Waals surface area contributed by atoms with Crippen LogP contribution in [0.5, 0.6) is 0 Å². The molecule has 0 unspecified atom stereocenters. The highest BCUT2D eigenvalue weighted by atomic mass is 15.0. The summed E-state index contributed by atoms with van der Waals surface area (Å²) in [6, 6.07) is 7.76. The van der Waals surface area contributed by atoms with Gasteiger partial charge >= 0.3 is 0 Å². The number of imidazole rings is 1. The van der Waals surface area contributed by atoms with Crippen molar-refractivity contribution in [3.8, 4) is 11.4 Å². The lowest BCUT2D eigenvalue weighted by molar-refractivity contribution is 1.17. The average molecular weight is 224 g/mol. The Bertz CT molecular complexity index is 631. The van der Waals surface area contributed by atoms with Crippen molar-refractivity contribution < 1.29 is 0 Å². The number of anilines is 1. The molecule has 0 amide bonds. The number of nitrogens with zero attached hydrogens (tertiary/aromatic N) is 3. The number of hydrogen-bond donors (Lipinski definition) is 1. The van der Waals surface area contributed by atoms with Crippen molar-refractivity contribution in [3.63, 3.8) is 0 Å². The molecule has 0 aliphatic heterocycles. The van der Waals surface area contributed by atoms with Gasteiger partial charge in [0, 0.05) is 18.6 Å². The van der Waals surface area contributed by atoms with E-state index in [1.54, 1.807) is 6.20 Å². The maximum atomic E-state index is 5.87. The molecule has 0 bridgehead atoms.